The average Bonchev–Trinajstić information content (AvgIpc) is 3.45. The topological polar surface area (TPSA) is 63.9 Å². The van der Waals surface area contributed by atoms with E-state index in [0.717, 1.165) is 63.8 Å². The molecule has 7 nitrogen and oxygen atoms in total. The molecule has 4 rings (SSSR count). The number of morpholine rings is 1. The van der Waals surface area contributed by atoms with E-state index in [1.165, 1.54) is 5.56 Å². The normalized spacial score (nSPS) is 22.0. The number of nitrogens with zero attached hydrogens (tertiary/aromatic N) is 4. The van der Waals surface area contributed by atoms with Crippen molar-refractivity contribution in [2.24, 2.45) is 4.99 Å². The first-order chi connectivity index (χ1) is 14.3. The van der Waals surface area contributed by atoms with Crippen LogP contribution >= 0.6 is 24.0 Å². The highest BCUT2D eigenvalue weighted by molar-refractivity contribution is 14.0. The minimum atomic E-state index is 0. The second-order valence-electron chi connectivity index (χ2n) is 7.59. The number of aliphatic imine (C=N–C) groups is 1. The van der Waals surface area contributed by atoms with Gasteiger partial charge in [-0.05, 0) is 18.4 Å². The molecule has 0 spiro atoms. The molecule has 2 aromatic rings. The van der Waals surface area contributed by atoms with Crippen LogP contribution in [0, 0.1) is 0 Å². The van der Waals surface area contributed by atoms with Gasteiger partial charge in [0, 0.05) is 58.6 Å². The van der Waals surface area contributed by atoms with E-state index in [2.05, 4.69) is 49.0 Å². The molecule has 2 unspecified atom stereocenters. The van der Waals surface area contributed by atoms with E-state index in [-0.39, 0.29) is 36.2 Å². The van der Waals surface area contributed by atoms with Crippen molar-refractivity contribution in [2.45, 2.75) is 38.0 Å². The summed E-state index contributed by atoms with van der Waals surface area (Å²) in [6.07, 6.45) is 7.35. The quantitative estimate of drug-likeness (QED) is 0.357. The molecule has 0 aliphatic carbocycles. The maximum absolute atomic E-state index is 5.96. The Morgan fingerprint density at radius 2 is 2.03 bits per heavy atom. The van der Waals surface area contributed by atoms with Gasteiger partial charge in [0.1, 0.15) is 11.9 Å². The van der Waals surface area contributed by atoms with Crippen molar-refractivity contribution in [2.75, 3.05) is 39.9 Å². The highest BCUT2D eigenvalue weighted by Crippen LogP contribution is 2.21. The Morgan fingerprint density at radius 3 is 2.80 bits per heavy atom. The molecule has 2 aliphatic rings. The van der Waals surface area contributed by atoms with Gasteiger partial charge in [-0.25, -0.2) is 4.98 Å². The van der Waals surface area contributed by atoms with Crippen LogP contribution in [-0.2, 0) is 22.4 Å². The molecular weight excluding hydrogens is 493 g/mol. The Hall–Kier alpha value is -1.65. The molecule has 3 heterocycles. The van der Waals surface area contributed by atoms with Crippen LogP contribution in [0.2, 0.25) is 0 Å². The van der Waals surface area contributed by atoms with Crippen LogP contribution in [-0.4, -0.2) is 72.5 Å². The van der Waals surface area contributed by atoms with Crippen LogP contribution in [0.4, 0.5) is 0 Å². The molecule has 30 heavy (non-hydrogen) atoms. The number of rotatable bonds is 6. The van der Waals surface area contributed by atoms with Gasteiger partial charge in [-0.2, -0.15) is 0 Å². The summed E-state index contributed by atoms with van der Waals surface area (Å²) in [5, 5.41) is 3.51. The highest BCUT2D eigenvalue weighted by Gasteiger charge is 2.32. The van der Waals surface area contributed by atoms with Gasteiger partial charge in [-0.1, -0.05) is 30.3 Å². The summed E-state index contributed by atoms with van der Waals surface area (Å²) in [5.41, 5.74) is 1.28. The van der Waals surface area contributed by atoms with Gasteiger partial charge in [-0.3, -0.25) is 4.99 Å². The fraction of sp³-hybridized carbons (Fsp3) is 0.545. The summed E-state index contributed by atoms with van der Waals surface area (Å²) < 4.78 is 14.0. The van der Waals surface area contributed by atoms with Crippen molar-refractivity contribution in [3.05, 3.63) is 54.1 Å². The molecule has 1 aromatic carbocycles. The monoisotopic (exact) mass is 525 g/mol. The van der Waals surface area contributed by atoms with Crippen LogP contribution in [0.15, 0.2) is 47.7 Å². The number of hydrogen-bond donors (Lipinski definition) is 1. The van der Waals surface area contributed by atoms with Gasteiger partial charge in [-0.15, -0.1) is 24.0 Å². The number of nitrogens with one attached hydrogen (secondary N) is 1. The van der Waals surface area contributed by atoms with Gasteiger partial charge < -0.3 is 24.3 Å². The number of ether oxygens (including phenoxy) is 2. The Morgan fingerprint density at radius 1 is 1.20 bits per heavy atom. The van der Waals surface area contributed by atoms with E-state index in [1.54, 1.807) is 0 Å². The highest BCUT2D eigenvalue weighted by atomic mass is 127. The van der Waals surface area contributed by atoms with E-state index in [4.69, 9.17) is 9.47 Å². The predicted octanol–water partition coefficient (Wildman–Crippen LogP) is 2.55. The lowest BCUT2D eigenvalue weighted by molar-refractivity contribution is -0.0816. The molecular formula is C22H32IN5O2. The summed E-state index contributed by atoms with van der Waals surface area (Å²) in [6.45, 7) is 4.89. The summed E-state index contributed by atoms with van der Waals surface area (Å²) >= 11 is 0. The molecule has 2 atom stereocenters. The zero-order valence-corrected chi connectivity index (χ0v) is 19.9. The molecule has 0 amide bonds. The van der Waals surface area contributed by atoms with Crippen molar-refractivity contribution >= 4 is 29.9 Å². The molecule has 2 fully saturated rings. The summed E-state index contributed by atoms with van der Waals surface area (Å²) in [6, 6.07) is 10.5. The second-order valence-corrected chi connectivity index (χ2v) is 7.59. The third-order valence-electron chi connectivity index (χ3n) is 5.61. The molecule has 0 saturated carbocycles. The van der Waals surface area contributed by atoms with Gasteiger partial charge in [0.25, 0.3) is 0 Å². The Bertz CT molecular complexity index is 792. The van der Waals surface area contributed by atoms with E-state index >= 15 is 0 Å². The summed E-state index contributed by atoms with van der Waals surface area (Å²) in [4.78, 5) is 11.3. The first-order valence-corrected chi connectivity index (χ1v) is 10.6. The van der Waals surface area contributed by atoms with Crippen LogP contribution in [0.1, 0.15) is 24.2 Å². The van der Waals surface area contributed by atoms with Crippen LogP contribution < -0.4 is 5.32 Å². The lowest BCUT2D eigenvalue weighted by Gasteiger charge is -2.37. The van der Waals surface area contributed by atoms with E-state index in [9.17, 15) is 0 Å². The largest absolute Gasteiger partial charge is 0.375 e. The van der Waals surface area contributed by atoms with Crippen LogP contribution in [0.25, 0.3) is 0 Å². The number of hydrogen-bond acceptors (Lipinski definition) is 4. The van der Waals surface area contributed by atoms with Crippen molar-refractivity contribution in [3.8, 4) is 0 Å². The second kappa shape index (κ2) is 11.7. The molecule has 164 valence electrons. The third kappa shape index (κ3) is 5.95. The molecule has 0 radical (unpaired) electrons. The van der Waals surface area contributed by atoms with Crippen LogP contribution in [0.5, 0.6) is 0 Å². The predicted molar refractivity (Wildman–Crippen MR) is 129 cm³/mol. The minimum absolute atomic E-state index is 0. The third-order valence-corrected chi connectivity index (χ3v) is 5.61. The number of guanidine groups is 1. The van der Waals surface area contributed by atoms with Crippen molar-refractivity contribution in [3.63, 3.8) is 0 Å². The van der Waals surface area contributed by atoms with Crippen molar-refractivity contribution < 1.29 is 9.47 Å². The average molecular weight is 525 g/mol. The van der Waals surface area contributed by atoms with E-state index in [1.807, 2.05) is 25.5 Å². The van der Waals surface area contributed by atoms with E-state index < -0.39 is 0 Å². The molecule has 0 bridgehead atoms. The smallest absolute Gasteiger partial charge is 0.193 e. The standard InChI is InChI=1S/C22H31N5O2.HI/c1-23-22(27-13-15-29-20(17-27)19-8-5-14-28-19)25-10-9-21-24-11-12-26(21)16-18-6-3-2-4-7-18;/h2-4,6-7,11-12,19-20H,5,8-10,13-17H2,1H3,(H,23,25);1H. The van der Waals surface area contributed by atoms with Crippen molar-refractivity contribution in [1.82, 2.24) is 19.8 Å². The van der Waals surface area contributed by atoms with Gasteiger partial charge in [0.05, 0.1) is 12.7 Å². The molecule has 2 aliphatic heterocycles. The first-order valence-electron chi connectivity index (χ1n) is 10.6. The molecule has 1 aromatic heterocycles. The fourth-order valence-corrected chi connectivity index (χ4v) is 4.10. The Labute approximate surface area is 195 Å². The lowest BCUT2D eigenvalue weighted by atomic mass is 10.1. The summed E-state index contributed by atoms with van der Waals surface area (Å²) in [5.74, 6) is 2.01. The SMILES string of the molecule is CN=C(NCCc1nccn1Cc1ccccc1)N1CCOC(C2CCCO2)C1.I. The molecule has 8 heteroatoms. The van der Waals surface area contributed by atoms with E-state index in [0.29, 0.717) is 6.61 Å². The van der Waals surface area contributed by atoms with Crippen LogP contribution in [0.3, 0.4) is 0 Å². The minimum Gasteiger partial charge on any atom is -0.375 e. The Balaban J connectivity index is 0.00000256. The number of aromatic nitrogens is 2. The maximum Gasteiger partial charge on any atom is 0.193 e. The first kappa shape index (κ1) is 23.0. The zero-order valence-electron chi connectivity index (χ0n) is 17.6. The number of benzene rings is 1. The molecule has 2 saturated heterocycles. The number of halogens is 1. The maximum atomic E-state index is 5.96. The lowest BCUT2D eigenvalue weighted by Crippen LogP contribution is -2.53. The number of imidazole rings is 1. The van der Waals surface area contributed by atoms with Gasteiger partial charge in [0.15, 0.2) is 5.96 Å². The van der Waals surface area contributed by atoms with Gasteiger partial charge in [0.2, 0.25) is 0 Å². The zero-order chi connectivity index (χ0) is 19.9. The van der Waals surface area contributed by atoms with Gasteiger partial charge >= 0.3 is 0 Å². The molecule has 1 N–H and O–H groups in total. The Kier molecular flexibility index (Phi) is 8.95. The van der Waals surface area contributed by atoms with Crippen molar-refractivity contribution in [1.29, 1.82) is 0 Å². The fourth-order valence-electron chi connectivity index (χ4n) is 4.10. The summed E-state index contributed by atoms with van der Waals surface area (Å²) in [7, 11) is 1.84.